The van der Waals surface area contributed by atoms with Gasteiger partial charge in [-0.05, 0) is 24.3 Å². The second-order valence-corrected chi connectivity index (χ2v) is 6.47. The molecule has 0 aliphatic rings. The molecule has 1 atom stereocenters. The summed E-state index contributed by atoms with van der Waals surface area (Å²) in [6, 6.07) is 12.3. The molecule has 7 nitrogen and oxygen atoms in total. The first-order chi connectivity index (χ1) is 12.5. The second-order valence-electron chi connectivity index (χ2n) is 5.03. The van der Waals surface area contributed by atoms with Crippen LogP contribution < -0.4 is 20.5 Å². The Bertz CT molecular complexity index is 737. The van der Waals surface area contributed by atoms with Crippen LogP contribution in [0.2, 0.25) is 0 Å². The van der Waals surface area contributed by atoms with Crippen molar-refractivity contribution in [2.24, 2.45) is 5.73 Å². The van der Waals surface area contributed by atoms with Crippen molar-refractivity contribution in [2.75, 3.05) is 25.8 Å². The fraction of sp³-hybridized carbons (Fsp3) is 0.222. The normalized spacial score (nSPS) is 10.8. The van der Waals surface area contributed by atoms with E-state index in [2.05, 4.69) is 11.1 Å². The minimum Gasteiger partial charge on any atom is -0.616 e. The van der Waals surface area contributed by atoms with Crippen molar-refractivity contribution < 1.29 is 23.6 Å². The smallest absolute Gasteiger partial charge is 0.255 e. The van der Waals surface area contributed by atoms with E-state index in [1.165, 1.54) is 7.11 Å². The largest absolute Gasteiger partial charge is 0.616 e. The number of rotatable bonds is 6. The lowest BCUT2D eigenvalue weighted by atomic mass is 10.1. The highest BCUT2D eigenvalue weighted by atomic mass is 32.2. The Balaban J connectivity index is 0.00000105. The van der Waals surface area contributed by atoms with Gasteiger partial charge in [-0.25, -0.2) is 0 Å². The van der Waals surface area contributed by atoms with Gasteiger partial charge in [0.15, 0.2) is 11.5 Å². The molecule has 26 heavy (non-hydrogen) atoms. The first-order valence-corrected chi connectivity index (χ1v) is 9.26. The van der Waals surface area contributed by atoms with Gasteiger partial charge < -0.3 is 25.1 Å². The lowest BCUT2D eigenvalue weighted by molar-refractivity contribution is -0.106. The van der Waals surface area contributed by atoms with Crippen LogP contribution in [-0.4, -0.2) is 37.3 Å². The number of methoxy groups -OCH3 is 2. The molecule has 140 valence electrons. The molecule has 2 rings (SSSR count). The molecule has 0 aromatic heterocycles. The van der Waals surface area contributed by atoms with E-state index in [9.17, 15) is 9.35 Å². The van der Waals surface area contributed by atoms with E-state index in [0.29, 0.717) is 28.5 Å². The number of carbonyl (C=O) groups is 2. The number of para-hydroxylation sites is 1. The van der Waals surface area contributed by atoms with Crippen molar-refractivity contribution in [3.63, 3.8) is 0 Å². The maximum absolute atomic E-state index is 12.4. The van der Waals surface area contributed by atoms with Crippen molar-refractivity contribution in [1.82, 2.24) is 0 Å². The lowest BCUT2D eigenvalue weighted by Crippen LogP contribution is -2.14. The van der Waals surface area contributed by atoms with Crippen LogP contribution in [-0.2, 0) is 21.7 Å². The van der Waals surface area contributed by atoms with E-state index >= 15 is 0 Å². The molecule has 0 radical (unpaired) electrons. The monoisotopic (exact) mass is 378 g/mol. The van der Waals surface area contributed by atoms with Crippen molar-refractivity contribution in [2.45, 2.75) is 5.75 Å². The Morgan fingerprint density at radius 2 is 1.81 bits per heavy atom. The van der Waals surface area contributed by atoms with Gasteiger partial charge in [0, 0.05) is 16.8 Å². The average Bonchev–Trinajstić information content (AvgIpc) is 2.63. The number of nitrogens with one attached hydrogen (secondary N) is 1. The predicted octanol–water partition coefficient (Wildman–Crippen LogP) is 1.94. The zero-order chi connectivity index (χ0) is 19.5. The molecule has 1 unspecified atom stereocenters. The lowest BCUT2D eigenvalue weighted by Gasteiger charge is -2.13. The molecule has 2 amide bonds. The zero-order valence-electron chi connectivity index (χ0n) is 14.9. The van der Waals surface area contributed by atoms with Gasteiger partial charge in [0.25, 0.3) is 5.91 Å². The van der Waals surface area contributed by atoms with E-state index in [1.54, 1.807) is 37.6 Å². The van der Waals surface area contributed by atoms with Crippen molar-refractivity contribution >= 4 is 29.2 Å². The van der Waals surface area contributed by atoms with E-state index in [-0.39, 0.29) is 12.3 Å². The second kappa shape index (κ2) is 11.0. The molecule has 8 heteroatoms. The highest BCUT2D eigenvalue weighted by Crippen LogP contribution is 2.28. The van der Waals surface area contributed by atoms with Crippen molar-refractivity contribution in [1.29, 1.82) is 0 Å². The van der Waals surface area contributed by atoms with Crippen LogP contribution in [0.1, 0.15) is 15.9 Å². The molecule has 0 heterocycles. The summed E-state index contributed by atoms with van der Waals surface area (Å²) in [5.74, 6) is 1.18. The van der Waals surface area contributed by atoms with Gasteiger partial charge in [0.05, 0.1) is 20.5 Å². The number of anilines is 1. The Hall–Kier alpha value is -2.71. The van der Waals surface area contributed by atoms with Gasteiger partial charge in [-0.3, -0.25) is 9.59 Å². The first kappa shape index (κ1) is 21.3. The molecule has 0 spiro atoms. The highest BCUT2D eigenvalue weighted by Gasteiger charge is 2.13. The van der Waals surface area contributed by atoms with Crippen molar-refractivity contribution in [3.8, 4) is 11.5 Å². The molecule has 0 fully saturated rings. The Kier molecular flexibility index (Phi) is 9.04. The molecule has 0 saturated carbocycles. The predicted molar refractivity (Wildman–Crippen MR) is 102 cm³/mol. The number of nitrogens with two attached hydrogens (primary N) is 1. The van der Waals surface area contributed by atoms with Gasteiger partial charge in [-0.2, -0.15) is 0 Å². The van der Waals surface area contributed by atoms with Crippen LogP contribution in [0, 0.1) is 0 Å². The minimum atomic E-state index is -0.983. The molecular weight excluding hydrogens is 356 g/mol. The maximum atomic E-state index is 12.4. The Morgan fingerprint density at radius 1 is 1.19 bits per heavy atom. The van der Waals surface area contributed by atoms with Gasteiger partial charge in [0.2, 0.25) is 6.41 Å². The molecular formula is C18H22N2O5S. The highest BCUT2D eigenvalue weighted by molar-refractivity contribution is 7.89. The van der Waals surface area contributed by atoms with Gasteiger partial charge in [0.1, 0.15) is 5.75 Å². The molecule has 0 bridgehead atoms. The van der Waals surface area contributed by atoms with E-state index in [0.717, 1.165) is 5.56 Å². The van der Waals surface area contributed by atoms with Gasteiger partial charge in [-0.1, -0.05) is 29.4 Å². The van der Waals surface area contributed by atoms with Crippen molar-refractivity contribution in [3.05, 3.63) is 53.6 Å². The number of primary amides is 1. The average molecular weight is 378 g/mol. The summed E-state index contributed by atoms with van der Waals surface area (Å²) in [6.45, 7) is 0. The van der Waals surface area contributed by atoms with Crippen LogP contribution >= 0.6 is 0 Å². The molecule has 0 saturated heterocycles. The topological polar surface area (TPSA) is 114 Å². The number of hydrogen-bond acceptors (Lipinski definition) is 5. The number of carbonyl (C=O) groups excluding carboxylic acids is 2. The summed E-state index contributed by atoms with van der Waals surface area (Å²) in [4.78, 5) is 21.0. The summed E-state index contributed by atoms with van der Waals surface area (Å²) in [6.07, 6.45) is 1.88. The van der Waals surface area contributed by atoms with Crippen LogP contribution in [0.15, 0.2) is 42.5 Å². The SMILES string of the molecule is COc1ccc(C(=O)Nc2ccccc2C[S+](C)[O-])cc1OC.NC=O. The maximum Gasteiger partial charge on any atom is 0.255 e. The first-order valence-electron chi connectivity index (χ1n) is 7.53. The van der Waals surface area contributed by atoms with Crippen LogP contribution in [0.25, 0.3) is 0 Å². The van der Waals surface area contributed by atoms with Crippen LogP contribution in [0.3, 0.4) is 0 Å². The fourth-order valence-electron chi connectivity index (χ4n) is 2.16. The van der Waals surface area contributed by atoms with E-state index < -0.39 is 11.2 Å². The minimum absolute atomic E-state index is 0.250. The Labute approximate surface area is 155 Å². The third-order valence-corrected chi connectivity index (χ3v) is 3.99. The molecule has 3 N–H and O–H groups in total. The number of ether oxygens (including phenoxy) is 2. The summed E-state index contributed by atoms with van der Waals surface area (Å²) in [5, 5.41) is 2.85. The van der Waals surface area contributed by atoms with Crippen LogP contribution in [0.4, 0.5) is 5.69 Å². The van der Waals surface area contributed by atoms with E-state index in [1.807, 2.05) is 18.2 Å². The number of benzene rings is 2. The molecule has 0 aliphatic heterocycles. The third-order valence-electron chi connectivity index (χ3n) is 3.27. The number of hydrogen-bond donors (Lipinski definition) is 2. The number of amides is 2. The molecule has 0 aliphatic carbocycles. The van der Waals surface area contributed by atoms with Gasteiger partial charge >= 0.3 is 0 Å². The van der Waals surface area contributed by atoms with Gasteiger partial charge in [-0.15, -0.1) is 0 Å². The zero-order valence-corrected chi connectivity index (χ0v) is 15.7. The quantitative estimate of drug-likeness (QED) is 0.589. The Morgan fingerprint density at radius 3 is 2.38 bits per heavy atom. The summed E-state index contributed by atoms with van der Waals surface area (Å²) in [5.41, 5.74) is 6.11. The standard InChI is InChI=1S/C17H19NO4S.CH3NO/c1-21-15-9-8-12(10-16(15)22-2)17(19)18-14-7-5-4-6-13(14)11-23(3)20;2-1-3/h4-10H,11H2,1-3H3,(H,18,19);1H,(H2,2,3). The summed E-state index contributed by atoms with van der Waals surface area (Å²) >= 11 is -0.983. The summed E-state index contributed by atoms with van der Waals surface area (Å²) in [7, 11) is 3.06. The molecule has 2 aromatic carbocycles. The third kappa shape index (κ3) is 6.30. The van der Waals surface area contributed by atoms with E-state index in [4.69, 9.17) is 14.3 Å². The summed E-state index contributed by atoms with van der Waals surface area (Å²) < 4.78 is 21.8. The molecule has 2 aromatic rings. The van der Waals surface area contributed by atoms with Crippen LogP contribution in [0.5, 0.6) is 11.5 Å². The fourth-order valence-corrected chi connectivity index (χ4v) is 2.85.